The van der Waals surface area contributed by atoms with Crippen LogP contribution in [0.3, 0.4) is 0 Å². The maximum atomic E-state index is 10.9. The first-order valence-electron chi connectivity index (χ1n) is 5.38. The third-order valence-electron chi connectivity index (χ3n) is 2.49. The molecule has 1 aromatic heterocycles. The van der Waals surface area contributed by atoms with Gasteiger partial charge >= 0.3 is 5.97 Å². The van der Waals surface area contributed by atoms with Crippen LogP contribution in [0.25, 0.3) is 0 Å². The molecule has 2 N–H and O–H groups in total. The Morgan fingerprint density at radius 1 is 1.56 bits per heavy atom. The van der Waals surface area contributed by atoms with Gasteiger partial charge in [-0.05, 0) is 27.2 Å². The molecular formula is C11H18N2O2S. The molecule has 2 unspecified atom stereocenters. The lowest BCUT2D eigenvalue weighted by Crippen LogP contribution is -2.37. The lowest BCUT2D eigenvalue weighted by Gasteiger charge is -2.18. The van der Waals surface area contributed by atoms with E-state index in [0.29, 0.717) is 6.42 Å². The maximum Gasteiger partial charge on any atom is 0.320 e. The molecule has 1 rings (SSSR count). The minimum absolute atomic E-state index is 0.0345. The summed E-state index contributed by atoms with van der Waals surface area (Å²) in [6.45, 7) is 7.76. The third-order valence-corrected chi connectivity index (χ3v) is 3.75. The van der Waals surface area contributed by atoms with Crippen LogP contribution in [-0.4, -0.2) is 22.1 Å². The van der Waals surface area contributed by atoms with Crippen molar-refractivity contribution in [3.63, 3.8) is 0 Å². The number of hydrogen-bond donors (Lipinski definition) is 2. The highest BCUT2D eigenvalue weighted by atomic mass is 32.1. The number of nitrogens with zero attached hydrogens (tertiary/aromatic N) is 1. The lowest BCUT2D eigenvalue weighted by atomic mass is 10.1. The summed E-state index contributed by atoms with van der Waals surface area (Å²) in [5.41, 5.74) is 0.989. The van der Waals surface area contributed by atoms with Crippen molar-refractivity contribution in [2.75, 3.05) is 0 Å². The standard InChI is InChI=1S/C11H18N2O2S/c1-5-9(11(14)15)13-7(3)10-6(2)12-8(4)16-10/h7,9,13H,5H2,1-4H3,(H,14,15). The molecule has 0 spiro atoms. The molecule has 0 aromatic carbocycles. The molecule has 5 heteroatoms. The largest absolute Gasteiger partial charge is 0.480 e. The van der Waals surface area contributed by atoms with Crippen molar-refractivity contribution in [1.29, 1.82) is 0 Å². The van der Waals surface area contributed by atoms with Crippen LogP contribution < -0.4 is 5.32 Å². The van der Waals surface area contributed by atoms with Gasteiger partial charge in [0.05, 0.1) is 10.7 Å². The number of aryl methyl sites for hydroxylation is 2. The van der Waals surface area contributed by atoms with E-state index >= 15 is 0 Å². The van der Waals surface area contributed by atoms with Crippen LogP contribution in [0.4, 0.5) is 0 Å². The summed E-state index contributed by atoms with van der Waals surface area (Å²) in [7, 11) is 0. The smallest absolute Gasteiger partial charge is 0.320 e. The highest BCUT2D eigenvalue weighted by molar-refractivity contribution is 7.11. The molecule has 90 valence electrons. The zero-order chi connectivity index (χ0) is 12.3. The minimum Gasteiger partial charge on any atom is -0.480 e. The summed E-state index contributed by atoms with van der Waals surface area (Å²) in [6, 6.07) is -0.455. The Bertz CT molecular complexity index is 376. The SMILES string of the molecule is CCC(NC(C)c1sc(C)nc1C)C(=O)O. The second-order valence-electron chi connectivity index (χ2n) is 3.87. The fourth-order valence-corrected chi connectivity index (χ4v) is 2.63. The fraction of sp³-hybridized carbons (Fsp3) is 0.636. The van der Waals surface area contributed by atoms with E-state index in [1.54, 1.807) is 11.3 Å². The summed E-state index contributed by atoms with van der Waals surface area (Å²) in [5.74, 6) is -0.798. The number of carbonyl (C=O) groups is 1. The quantitative estimate of drug-likeness (QED) is 0.831. The summed E-state index contributed by atoms with van der Waals surface area (Å²) < 4.78 is 0. The average Bonchev–Trinajstić information content (AvgIpc) is 2.53. The molecule has 0 aliphatic heterocycles. The number of hydrogen-bond acceptors (Lipinski definition) is 4. The Labute approximate surface area is 99.7 Å². The van der Waals surface area contributed by atoms with E-state index in [9.17, 15) is 4.79 Å². The van der Waals surface area contributed by atoms with Crippen LogP contribution in [-0.2, 0) is 4.79 Å². The topological polar surface area (TPSA) is 62.2 Å². The van der Waals surface area contributed by atoms with Crippen molar-refractivity contribution < 1.29 is 9.90 Å². The van der Waals surface area contributed by atoms with Gasteiger partial charge < -0.3 is 5.11 Å². The fourth-order valence-electron chi connectivity index (χ4n) is 1.69. The van der Waals surface area contributed by atoms with Crippen molar-refractivity contribution in [2.24, 2.45) is 0 Å². The number of aromatic nitrogens is 1. The zero-order valence-electron chi connectivity index (χ0n) is 10.1. The van der Waals surface area contributed by atoms with Gasteiger partial charge in [0, 0.05) is 10.9 Å². The summed E-state index contributed by atoms with van der Waals surface area (Å²) in [5, 5.41) is 13.1. The van der Waals surface area contributed by atoms with Crippen LogP contribution in [0.1, 0.15) is 41.9 Å². The van der Waals surface area contributed by atoms with Crippen molar-refractivity contribution in [3.05, 3.63) is 15.6 Å². The van der Waals surface area contributed by atoms with Crippen molar-refractivity contribution in [3.8, 4) is 0 Å². The van der Waals surface area contributed by atoms with Gasteiger partial charge in [-0.2, -0.15) is 0 Å². The zero-order valence-corrected chi connectivity index (χ0v) is 10.9. The molecule has 0 radical (unpaired) electrons. The molecule has 0 aliphatic carbocycles. The monoisotopic (exact) mass is 242 g/mol. The Hall–Kier alpha value is -0.940. The normalized spacial score (nSPS) is 14.8. The number of nitrogens with one attached hydrogen (secondary N) is 1. The number of aliphatic carboxylic acids is 1. The van der Waals surface area contributed by atoms with E-state index in [-0.39, 0.29) is 6.04 Å². The predicted octanol–water partition coefficient (Wildman–Crippen LogP) is 2.27. The second kappa shape index (κ2) is 5.41. The maximum absolute atomic E-state index is 10.9. The van der Waals surface area contributed by atoms with Gasteiger partial charge in [0.2, 0.25) is 0 Å². The molecule has 1 aromatic rings. The molecule has 1 heterocycles. The Balaban J connectivity index is 2.75. The molecule has 0 fully saturated rings. The van der Waals surface area contributed by atoms with Crippen LogP contribution in [0.15, 0.2) is 0 Å². The van der Waals surface area contributed by atoms with E-state index in [2.05, 4.69) is 10.3 Å². The first-order valence-corrected chi connectivity index (χ1v) is 6.20. The van der Waals surface area contributed by atoms with Gasteiger partial charge in [-0.15, -0.1) is 11.3 Å². The van der Waals surface area contributed by atoms with Crippen LogP contribution >= 0.6 is 11.3 Å². The molecule has 0 saturated carbocycles. The predicted molar refractivity (Wildman–Crippen MR) is 64.9 cm³/mol. The molecule has 0 aliphatic rings. The van der Waals surface area contributed by atoms with Gasteiger partial charge in [0.1, 0.15) is 6.04 Å². The van der Waals surface area contributed by atoms with E-state index in [4.69, 9.17) is 5.11 Å². The van der Waals surface area contributed by atoms with Crippen molar-refractivity contribution in [1.82, 2.24) is 10.3 Å². The van der Waals surface area contributed by atoms with Crippen LogP contribution in [0.5, 0.6) is 0 Å². The Morgan fingerprint density at radius 2 is 2.19 bits per heavy atom. The van der Waals surface area contributed by atoms with Gasteiger partial charge in [0.25, 0.3) is 0 Å². The first-order chi connectivity index (χ1) is 7.45. The number of thiazole rings is 1. The molecule has 4 nitrogen and oxygen atoms in total. The van der Waals surface area contributed by atoms with E-state index in [1.165, 1.54) is 0 Å². The molecule has 0 bridgehead atoms. The molecule has 0 saturated heterocycles. The number of carboxylic acids is 1. The average molecular weight is 242 g/mol. The van der Waals surface area contributed by atoms with E-state index in [1.807, 2.05) is 27.7 Å². The van der Waals surface area contributed by atoms with Gasteiger partial charge in [-0.1, -0.05) is 6.92 Å². The van der Waals surface area contributed by atoms with Gasteiger partial charge in [-0.25, -0.2) is 4.98 Å². The number of carboxylic acid groups (broad SMARTS) is 1. The van der Waals surface area contributed by atoms with Crippen LogP contribution in [0.2, 0.25) is 0 Å². The Kier molecular flexibility index (Phi) is 4.44. The molecule has 2 atom stereocenters. The lowest BCUT2D eigenvalue weighted by molar-refractivity contribution is -0.139. The van der Waals surface area contributed by atoms with Crippen LogP contribution in [0, 0.1) is 13.8 Å². The molecule has 0 amide bonds. The summed E-state index contributed by atoms with van der Waals surface area (Å²) in [4.78, 5) is 16.4. The van der Waals surface area contributed by atoms with Crippen molar-refractivity contribution >= 4 is 17.3 Å². The van der Waals surface area contributed by atoms with E-state index < -0.39 is 12.0 Å². The highest BCUT2D eigenvalue weighted by Crippen LogP contribution is 2.24. The van der Waals surface area contributed by atoms with E-state index in [0.717, 1.165) is 15.6 Å². The molecular weight excluding hydrogens is 224 g/mol. The van der Waals surface area contributed by atoms with Gasteiger partial charge in [0.15, 0.2) is 0 Å². The van der Waals surface area contributed by atoms with Crippen molar-refractivity contribution in [2.45, 2.75) is 46.2 Å². The second-order valence-corrected chi connectivity index (χ2v) is 5.10. The van der Waals surface area contributed by atoms with Gasteiger partial charge in [-0.3, -0.25) is 10.1 Å². The molecule has 16 heavy (non-hydrogen) atoms. The summed E-state index contributed by atoms with van der Waals surface area (Å²) in [6.07, 6.45) is 0.580. The minimum atomic E-state index is -0.798. The first kappa shape index (κ1) is 13.1. The highest BCUT2D eigenvalue weighted by Gasteiger charge is 2.20. The number of rotatable bonds is 5. The Morgan fingerprint density at radius 3 is 2.56 bits per heavy atom. The third kappa shape index (κ3) is 3.02. The summed E-state index contributed by atoms with van der Waals surface area (Å²) >= 11 is 1.62.